The normalized spacial score (nSPS) is 22.1. The molecule has 0 amide bonds. The van der Waals surface area contributed by atoms with Crippen molar-refractivity contribution in [1.82, 2.24) is 9.62 Å². The Morgan fingerprint density at radius 1 is 1.38 bits per heavy atom. The second-order valence-electron chi connectivity index (χ2n) is 5.62. The average Bonchev–Trinajstić information content (AvgIpc) is 2.44. The highest BCUT2D eigenvalue weighted by atomic mass is 32.2. The topological polar surface area (TPSA) is 58.6 Å². The summed E-state index contributed by atoms with van der Waals surface area (Å²) in [5.41, 5.74) is 1.15. The lowest BCUT2D eigenvalue weighted by Gasteiger charge is -2.34. The lowest BCUT2D eigenvalue weighted by atomic mass is 10.0. The van der Waals surface area contributed by atoms with Crippen LogP contribution >= 0.6 is 0 Å². The molecule has 0 bridgehead atoms. The number of hydrogen-bond acceptors (Lipinski definition) is 4. The standard InChI is InChI=1S/C15H24N2O3S/c1-20-15(13-7-4-3-5-8-13)12-17-10-6-9-14(11-17)16-21(2,18)19/h3-5,7-8,14-16H,6,9-12H2,1-2H3/t14-,15-/m0/s1. The molecule has 0 aromatic heterocycles. The van der Waals surface area contributed by atoms with Gasteiger partial charge in [-0.1, -0.05) is 30.3 Å². The molecule has 1 aliphatic rings. The fourth-order valence-electron chi connectivity index (χ4n) is 2.84. The molecule has 5 nitrogen and oxygen atoms in total. The van der Waals surface area contributed by atoms with Gasteiger partial charge >= 0.3 is 0 Å². The highest BCUT2D eigenvalue weighted by Crippen LogP contribution is 2.20. The third-order valence-electron chi connectivity index (χ3n) is 3.77. The number of hydrogen-bond donors (Lipinski definition) is 1. The van der Waals surface area contributed by atoms with Gasteiger partial charge in [0.05, 0.1) is 12.4 Å². The van der Waals surface area contributed by atoms with Crippen molar-refractivity contribution >= 4 is 10.0 Å². The first-order valence-electron chi connectivity index (χ1n) is 7.25. The van der Waals surface area contributed by atoms with Crippen LogP contribution in [0.15, 0.2) is 30.3 Å². The van der Waals surface area contributed by atoms with Crippen LogP contribution in [0.2, 0.25) is 0 Å². The molecule has 0 saturated carbocycles. The van der Waals surface area contributed by atoms with Gasteiger partial charge in [0.25, 0.3) is 0 Å². The molecule has 0 aliphatic carbocycles. The molecule has 1 saturated heterocycles. The minimum absolute atomic E-state index is 0.00188. The van der Waals surface area contributed by atoms with Crippen molar-refractivity contribution in [2.75, 3.05) is 33.0 Å². The Balaban J connectivity index is 1.95. The minimum atomic E-state index is -3.14. The van der Waals surface area contributed by atoms with Gasteiger partial charge in [-0.25, -0.2) is 13.1 Å². The fraction of sp³-hybridized carbons (Fsp3) is 0.600. The Kier molecular flexibility index (Phi) is 5.75. The summed E-state index contributed by atoms with van der Waals surface area (Å²) in [4.78, 5) is 2.27. The molecule has 2 atom stereocenters. The van der Waals surface area contributed by atoms with Gasteiger partial charge in [-0.05, 0) is 24.9 Å². The number of ether oxygens (including phenoxy) is 1. The van der Waals surface area contributed by atoms with Crippen molar-refractivity contribution in [3.05, 3.63) is 35.9 Å². The highest BCUT2D eigenvalue weighted by Gasteiger charge is 2.24. The second-order valence-corrected chi connectivity index (χ2v) is 7.40. The summed E-state index contributed by atoms with van der Waals surface area (Å²) in [7, 11) is -1.43. The summed E-state index contributed by atoms with van der Waals surface area (Å²) < 4.78 is 31.0. The monoisotopic (exact) mass is 312 g/mol. The van der Waals surface area contributed by atoms with Crippen LogP contribution < -0.4 is 4.72 Å². The van der Waals surface area contributed by atoms with Crippen LogP contribution in [0.4, 0.5) is 0 Å². The summed E-state index contributed by atoms with van der Waals surface area (Å²) in [6.07, 6.45) is 3.13. The third-order valence-corrected chi connectivity index (χ3v) is 4.53. The SMILES string of the molecule is CO[C@@H](CN1CCC[C@H](NS(C)(=O)=O)C1)c1ccccc1. The molecule has 2 rings (SSSR count). The number of piperidine rings is 1. The van der Waals surface area contributed by atoms with Crippen LogP contribution in [0.5, 0.6) is 0 Å². The Hall–Kier alpha value is -0.950. The molecule has 6 heteroatoms. The van der Waals surface area contributed by atoms with Crippen LogP contribution in [0.3, 0.4) is 0 Å². The van der Waals surface area contributed by atoms with Gasteiger partial charge in [-0.15, -0.1) is 0 Å². The van der Waals surface area contributed by atoms with Crippen LogP contribution in [-0.2, 0) is 14.8 Å². The maximum Gasteiger partial charge on any atom is 0.208 e. The van der Waals surface area contributed by atoms with E-state index in [1.165, 1.54) is 6.26 Å². The molecular formula is C15H24N2O3S. The number of methoxy groups -OCH3 is 1. The van der Waals surface area contributed by atoms with Gasteiger partial charge in [0.2, 0.25) is 10.0 Å². The first-order valence-corrected chi connectivity index (χ1v) is 9.14. The van der Waals surface area contributed by atoms with Gasteiger partial charge < -0.3 is 4.74 Å². The highest BCUT2D eigenvalue weighted by molar-refractivity contribution is 7.88. The molecular weight excluding hydrogens is 288 g/mol. The smallest absolute Gasteiger partial charge is 0.208 e. The van der Waals surface area contributed by atoms with E-state index in [0.29, 0.717) is 0 Å². The van der Waals surface area contributed by atoms with Crippen molar-refractivity contribution in [1.29, 1.82) is 0 Å². The first-order chi connectivity index (χ1) is 9.98. The van der Waals surface area contributed by atoms with E-state index in [9.17, 15) is 8.42 Å². The number of sulfonamides is 1. The van der Waals surface area contributed by atoms with Gasteiger partial charge in [-0.2, -0.15) is 0 Å². The molecule has 0 spiro atoms. The molecule has 1 heterocycles. The third kappa shape index (κ3) is 5.39. The van der Waals surface area contributed by atoms with Gasteiger partial charge in [0.1, 0.15) is 0 Å². The van der Waals surface area contributed by atoms with Gasteiger partial charge in [-0.3, -0.25) is 4.90 Å². The summed E-state index contributed by atoms with van der Waals surface area (Å²) in [5.74, 6) is 0. The van der Waals surface area contributed by atoms with E-state index in [0.717, 1.165) is 38.0 Å². The largest absolute Gasteiger partial charge is 0.375 e. The van der Waals surface area contributed by atoms with E-state index in [2.05, 4.69) is 21.8 Å². The van der Waals surface area contributed by atoms with Crippen molar-refractivity contribution in [2.45, 2.75) is 25.0 Å². The zero-order valence-corrected chi connectivity index (χ0v) is 13.5. The lowest BCUT2D eigenvalue weighted by Crippen LogP contribution is -2.48. The Labute approximate surface area is 127 Å². The molecule has 1 aliphatic heterocycles. The Bertz CT molecular complexity index is 533. The molecule has 0 radical (unpaired) electrons. The van der Waals surface area contributed by atoms with Crippen molar-refractivity contribution in [2.24, 2.45) is 0 Å². The van der Waals surface area contributed by atoms with E-state index in [1.54, 1.807) is 7.11 Å². The van der Waals surface area contributed by atoms with Crippen molar-refractivity contribution in [3.8, 4) is 0 Å². The van der Waals surface area contributed by atoms with E-state index < -0.39 is 10.0 Å². The molecule has 1 aromatic rings. The van der Waals surface area contributed by atoms with E-state index in [4.69, 9.17) is 4.74 Å². The zero-order valence-electron chi connectivity index (χ0n) is 12.7. The van der Waals surface area contributed by atoms with E-state index >= 15 is 0 Å². The molecule has 21 heavy (non-hydrogen) atoms. The Morgan fingerprint density at radius 2 is 2.10 bits per heavy atom. The van der Waals surface area contributed by atoms with Gasteiger partial charge in [0, 0.05) is 26.2 Å². The average molecular weight is 312 g/mol. The summed E-state index contributed by atoms with van der Waals surface area (Å²) in [5, 5.41) is 0. The number of benzene rings is 1. The number of nitrogens with one attached hydrogen (secondary N) is 1. The zero-order chi connectivity index (χ0) is 15.3. The quantitative estimate of drug-likeness (QED) is 0.862. The van der Waals surface area contributed by atoms with Crippen molar-refractivity contribution in [3.63, 3.8) is 0 Å². The molecule has 118 valence electrons. The maximum atomic E-state index is 11.4. The molecule has 1 aromatic carbocycles. The summed E-state index contributed by atoms with van der Waals surface area (Å²) in [6.45, 7) is 2.50. The van der Waals surface area contributed by atoms with Crippen LogP contribution in [0.25, 0.3) is 0 Å². The lowest BCUT2D eigenvalue weighted by molar-refractivity contribution is 0.0531. The predicted octanol–water partition coefficient (Wildman–Crippen LogP) is 1.39. The maximum absolute atomic E-state index is 11.4. The number of rotatable bonds is 6. The summed E-state index contributed by atoms with van der Waals surface area (Å²) >= 11 is 0. The number of likely N-dealkylation sites (tertiary alicyclic amines) is 1. The predicted molar refractivity (Wildman–Crippen MR) is 83.6 cm³/mol. The van der Waals surface area contributed by atoms with Crippen LogP contribution in [-0.4, -0.2) is 52.4 Å². The van der Waals surface area contributed by atoms with Crippen molar-refractivity contribution < 1.29 is 13.2 Å². The molecule has 0 unspecified atom stereocenters. The first kappa shape index (κ1) is 16.4. The minimum Gasteiger partial charge on any atom is -0.375 e. The van der Waals surface area contributed by atoms with E-state index in [1.807, 2.05) is 18.2 Å². The van der Waals surface area contributed by atoms with Crippen LogP contribution in [0.1, 0.15) is 24.5 Å². The molecule has 1 fully saturated rings. The number of nitrogens with zero attached hydrogens (tertiary/aromatic N) is 1. The van der Waals surface area contributed by atoms with E-state index in [-0.39, 0.29) is 12.1 Å². The Morgan fingerprint density at radius 3 is 2.71 bits per heavy atom. The summed E-state index contributed by atoms with van der Waals surface area (Å²) in [6, 6.07) is 10.1. The fourth-order valence-corrected chi connectivity index (χ4v) is 3.64. The second kappa shape index (κ2) is 7.35. The molecule has 1 N–H and O–H groups in total. The van der Waals surface area contributed by atoms with Gasteiger partial charge in [0.15, 0.2) is 0 Å². The van der Waals surface area contributed by atoms with Crippen LogP contribution in [0, 0.1) is 0 Å².